The van der Waals surface area contributed by atoms with Crippen LogP contribution in [-0.2, 0) is 60.7 Å². The third kappa shape index (κ3) is 21.1. The second kappa shape index (κ2) is 33.1. The number of benzene rings is 3. The van der Waals surface area contributed by atoms with Crippen LogP contribution in [0.5, 0.6) is 5.75 Å². The normalized spacial score (nSPS) is 12.7. The van der Waals surface area contributed by atoms with E-state index in [1.165, 1.54) is 12.1 Å². The van der Waals surface area contributed by atoms with E-state index in [1.54, 1.807) is 41.6 Å². The lowest BCUT2D eigenvalue weighted by atomic mass is 10.0. The average Bonchev–Trinajstić information content (AvgIpc) is 3.41. The number of ether oxygens (including phenoxy) is 7. The Morgan fingerprint density at radius 2 is 1.23 bits per heavy atom. The molecule has 23 heteroatoms. The van der Waals surface area contributed by atoms with Gasteiger partial charge in [0.05, 0.1) is 91.5 Å². The Balaban J connectivity index is 0.699. The zero-order chi connectivity index (χ0) is 52.7. The van der Waals surface area contributed by atoms with Crippen LogP contribution in [0.2, 0.25) is 0 Å². The fraction of sp³-hybridized carbons (Fsp3) is 0.404. The molecule has 5 N–H and O–H groups in total. The molecule has 4 amide bonds. The highest BCUT2D eigenvalue weighted by atomic mass is 31.2. The number of fused-ring (bicyclic) bond motifs is 2. The molecule has 0 spiro atoms. The van der Waals surface area contributed by atoms with E-state index in [1.807, 2.05) is 48.5 Å². The summed E-state index contributed by atoms with van der Waals surface area (Å²) in [6.45, 7) is 5.13. The standard InChI is InChI=1S/C52H63N8O14P/c61-48(10-5-11-50(63)59-38-44-8-2-1-6-41(44)14-15-42-7-3-4-9-46(42)59)55-25-27-68-29-31-70-33-35-72-37-36-71-34-32-69-30-28-67-26-21-49(62)54-24-20-47-56-57-51(43-18-22-53-23-19-43)58-60(47)52(64)73-39-40-12-16-45(17-13-40)74-75(65)66/h1-4,6-9,12-13,16-19,22-23,65-66H,5,10-11,20-21,24-39H2,(H,54,62)(H,55,61)(H,57,58). The Kier molecular flexibility index (Phi) is 25.3. The lowest BCUT2D eigenvalue weighted by Gasteiger charge is -2.27. The van der Waals surface area contributed by atoms with E-state index in [4.69, 9.17) is 47.5 Å². The van der Waals surface area contributed by atoms with Gasteiger partial charge in [0.2, 0.25) is 17.7 Å². The second-order valence-electron chi connectivity index (χ2n) is 16.3. The molecule has 2 aliphatic rings. The third-order valence-corrected chi connectivity index (χ3v) is 11.3. The lowest BCUT2D eigenvalue weighted by molar-refractivity contribution is -0.123. The molecule has 0 fully saturated rings. The molecule has 400 valence electrons. The van der Waals surface area contributed by atoms with E-state index in [0.717, 1.165) is 27.4 Å². The fourth-order valence-corrected chi connectivity index (χ4v) is 7.41. The van der Waals surface area contributed by atoms with Gasteiger partial charge in [-0.2, -0.15) is 5.01 Å². The Hall–Kier alpha value is -6.90. The maximum atomic E-state index is 13.4. The van der Waals surface area contributed by atoms with Gasteiger partial charge in [-0.15, -0.1) is 10.2 Å². The molecule has 0 saturated heterocycles. The van der Waals surface area contributed by atoms with Crippen molar-refractivity contribution in [2.75, 3.05) is 97.3 Å². The molecule has 3 aromatic carbocycles. The summed E-state index contributed by atoms with van der Waals surface area (Å²) >= 11 is 0. The summed E-state index contributed by atoms with van der Waals surface area (Å²) < 4.78 is 43.6. The van der Waals surface area contributed by atoms with Crippen LogP contribution in [0.25, 0.3) is 0 Å². The number of para-hydroxylation sites is 1. The number of anilines is 1. The number of rotatable bonds is 33. The van der Waals surface area contributed by atoms with Gasteiger partial charge in [0.1, 0.15) is 12.4 Å². The van der Waals surface area contributed by atoms with Crippen LogP contribution in [0.3, 0.4) is 0 Å². The summed E-state index contributed by atoms with van der Waals surface area (Å²) in [5, 5.41) is 15.2. The molecule has 0 radical (unpaired) electrons. The van der Waals surface area contributed by atoms with Gasteiger partial charge in [0, 0.05) is 67.9 Å². The first-order valence-electron chi connectivity index (χ1n) is 24.5. The summed E-state index contributed by atoms with van der Waals surface area (Å²) in [5.41, 5.74) is 7.65. The van der Waals surface area contributed by atoms with Crippen LogP contribution >= 0.6 is 8.60 Å². The molecule has 6 rings (SSSR count). The first-order valence-corrected chi connectivity index (χ1v) is 25.6. The highest BCUT2D eigenvalue weighted by Gasteiger charge is 2.27. The Labute approximate surface area is 436 Å². The number of nitrogens with one attached hydrogen (secondary N) is 3. The predicted molar refractivity (Wildman–Crippen MR) is 276 cm³/mol. The summed E-state index contributed by atoms with van der Waals surface area (Å²) in [7, 11) is -2.56. The topological polar surface area (TPSA) is 263 Å². The number of carbonyl (C=O) groups is 4. The maximum absolute atomic E-state index is 13.4. The van der Waals surface area contributed by atoms with Gasteiger partial charge in [-0.1, -0.05) is 54.3 Å². The number of carbonyl (C=O) groups excluding carboxylic acids is 4. The lowest BCUT2D eigenvalue weighted by Crippen LogP contribution is -2.52. The molecule has 4 aromatic rings. The minimum absolute atomic E-state index is 0.0522. The number of nitrogens with zero attached hydrogens (tertiary/aromatic N) is 5. The first kappa shape index (κ1) is 57.4. The molecular formula is C52H63N8O14P. The van der Waals surface area contributed by atoms with E-state index in [0.29, 0.717) is 109 Å². The van der Waals surface area contributed by atoms with Gasteiger partial charge in [-0.25, -0.2) is 4.79 Å². The monoisotopic (exact) mass is 1050 g/mol. The van der Waals surface area contributed by atoms with E-state index in [9.17, 15) is 19.2 Å². The van der Waals surface area contributed by atoms with Crippen molar-refractivity contribution >= 4 is 49.8 Å². The number of hydrogen-bond donors (Lipinski definition) is 5. The molecule has 1 aromatic heterocycles. The van der Waals surface area contributed by atoms with Crippen LogP contribution in [-0.4, -0.2) is 148 Å². The molecule has 0 bridgehead atoms. The van der Waals surface area contributed by atoms with Gasteiger partial charge in [0.15, 0.2) is 11.7 Å². The average molecular weight is 1060 g/mol. The van der Waals surface area contributed by atoms with Crippen molar-refractivity contribution in [1.82, 2.24) is 26.1 Å². The molecule has 3 heterocycles. The smallest absolute Gasteiger partial charge is 0.435 e. The Morgan fingerprint density at radius 1 is 0.640 bits per heavy atom. The number of hydrogen-bond acceptors (Lipinski definition) is 18. The predicted octanol–water partition coefficient (Wildman–Crippen LogP) is 4.12. The highest BCUT2D eigenvalue weighted by molar-refractivity contribution is 7.39. The minimum atomic E-state index is -2.56. The number of amides is 4. The minimum Gasteiger partial charge on any atom is -0.443 e. The van der Waals surface area contributed by atoms with Crippen LogP contribution < -0.4 is 25.5 Å². The summed E-state index contributed by atoms with van der Waals surface area (Å²) in [4.78, 5) is 75.4. The molecule has 75 heavy (non-hydrogen) atoms. The fourth-order valence-electron chi connectivity index (χ4n) is 7.10. The maximum Gasteiger partial charge on any atom is 0.435 e. The zero-order valence-electron chi connectivity index (χ0n) is 41.6. The van der Waals surface area contributed by atoms with Crippen LogP contribution in [0.4, 0.5) is 10.5 Å². The molecule has 22 nitrogen and oxygen atoms in total. The van der Waals surface area contributed by atoms with E-state index >= 15 is 0 Å². The van der Waals surface area contributed by atoms with Crippen molar-refractivity contribution in [1.29, 1.82) is 0 Å². The number of aromatic nitrogens is 1. The SMILES string of the molecule is O=C(CCCC(=O)N1Cc2ccccc2C#Cc2ccccc21)NCCOCCOCCOCCOCCOCCOCCC(=O)NCCC1=NN=C(c2ccncc2)NN1C(=O)OCc1ccc(OP(O)O)cc1. The van der Waals surface area contributed by atoms with Crippen molar-refractivity contribution < 1.29 is 66.6 Å². The van der Waals surface area contributed by atoms with Crippen LogP contribution in [0.1, 0.15) is 59.9 Å². The summed E-state index contributed by atoms with van der Waals surface area (Å²) in [5.74, 6) is 6.74. The number of amidine groups is 2. The van der Waals surface area contributed by atoms with E-state index < -0.39 is 14.7 Å². The zero-order valence-corrected chi connectivity index (χ0v) is 42.5. The summed E-state index contributed by atoms with van der Waals surface area (Å²) in [6, 6.07) is 25.1. The second-order valence-corrected chi connectivity index (χ2v) is 17.0. The Morgan fingerprint density at radius 3 is 1.91 bits per heavy atom. The quantitative estimate of drug-likeness (QED) is 0.0255. The van der Waals surface area contributed by atoms with Crippen molar-refractivity contribution in [2.24, 2.45) is 10.2 Å². The Bertz CT molecular complexity index is 2550. The van der Waals surface area contributed by atoms with Gasteiger partial charge in [0.25, 0.3) is 0 Å². The largest absolute Gasteiger partial charge is 0.443 e. The van der Waals surface area contributed by atoms with Gasteiger partial charge in [-0.3, -0.25) is 24.8 Å². The van der Waals surface area contributed by atoms with Crippen LogP contribution in [0, 0.1) is 11.8 Å². The number of hydrazine groups is 1. The first-order chi connectivity index (χ1) is 36.7. The highest BCUT2D eigenvalue weighted by Crippen LogP contribution is 2.29. The summed E-state index contributed by atoms with van der Waals surface area (Å²) in [6.07, 6.45) is 3.56. The van der Waals surface area contributed by atoms with Crippen molar-refractivity contribution in [3.8, 4) is 17.6 Å². The molecule has 0 aliphatic carbocycles. The molecule has 0 unspecified atom stereocenters. The van der Waals surface area contributed by atoms with Gasteiger partial charge < -0.3 is 63.0 Å². The number of pyridine rings is 1. The van der Waals surface area contributed by atoms with E-state index in [2.05, 4.69) is 43.1 Å². The molecule has 2 aliphatic heterocycles. The third-order valence-electron chi connectivity index (χ3n) is 10.9. The molecular weight excluding hydrogens is 992 g/mol. The van der Waals surface area contributed by atoms with Crippen molar-refractivity contribution in [3.05, 3.63) is 125 Å². The van der Waals surface area contributed by atoms with Crippen LogP contribution in [0.15, 0.2) is 108 Å². The van der Waals surface area contributed by atoms with Gasteiger partial charge in [-0.05, 0) is 60.0 Å². The molecule has 0 saturated carbocycles. The molecule has 0 atom stereocenters. The van der Waals surface area contributed by atoms with Gasteiger partial charge >= 0.3 is 14.7 Å². The van der Waals surface area contributed by atoms with Crippen molar-refractivity contribution in [3.63, 3.8) is 0 Å². The van der Waals surface area contributed by atoms with E-state index in [-0.39, 0.29) is 74.7 Å². The van der Waals surface area contributed by atoms with Crippen molar-refractivity contribution in [2.45, 2.75) is 45.3 Å².